The van der Waals surface area contributed by atoms with Crippen LogP contribution in [0, 0.1) is 5.92 Å². The van der Waals surface area contributed by atoms with Gasteiger partial charge in [0.25, 0.3) is 0 Å². The monoisotopic (exact) mass is 142 g/mol. The number of carboxylic acid groups (broad SMARTS) is 1. The van der Waals surface area contributed by atoms with Crippen molar-refractivity contribution in [2.45, 2.75) is 18.9 Å². The zero-order valence-electron chi connectivity index (χ0n) is 5.53. The van der Waals surface area contributed by atoms with Gasteiger partial charge in [0.15, 0.2) is 6.10 Å². The zero-order valence-corrected chi connectivity index (χ0v) is 5.53. The van der Waals surface area contributed by atoms with Gasteiger partial charge >= 0.3 is 5.97 Å². The van der Waals surface area contributed by atoms with Crippen molar-refractivity contribution < 1.29 is 15.0 Å². The molecule has 0 aromatic rings. The average molecular weight is 142 g/mol. The fourth-order valence-corrected chi connectivity index (χ4v) is 1.10. The van der Waals surface area contributed by atoms with Crippen molar-refractivity contribution in [2.24, 2.45) is 5.92 Å². The molecule has 3 nitrogen and oxygen atoms in total. The van der Waals surface area contributed by atoms with Gasteiger partial charge in [-0.25, -0.2) is 4.79 Å². The lowest BCUT2D eigenvalue weighted by Crippen LogP contribution is -2.26. The minimum atomic E-state index is -1.21. The number of hydrogen-bond acceptors (Lipinski definition) is 2. The molecule has 0 radical (unpaired) electrons. The van der Waals surface area contributed by atoms with E-state index in [0.717, 1.165) is 12.8 Å². The highest BCUT2D eigenvalue weighted by molar-refractivity contribution is 5.72. The molecule has 1 aliphatic carbocycles. The molecule has 0 aromatic heterocycles. The molecule has 56 valence electrons. The Morgan fingerprint density at radius 3 is 2.80 bits per heavy atom. The van der Waals surface area contributed by atoms with Gasteiger partial charge in [-0.2, -0.15) is 0 Å². The highest BCUT2D eigenvalue weighted by Gasteiger charge is 2.24. The molecule has 0 heterocycles. The van der Waals surface area contributed by atoms with E-state index in [2.05, 4.69) is 0 Å². The molecular weight excluding hydrogens is 132 g/mol. The molecule has 1 unspecified atom stereocenters. The minimum Gasteiger partial charge on any atom is -0.479 e. The first-order valence-electron chi connectivity index (χ1n) is 3.29. The number of aliphatic hydroxyl groups is 1. The Balaban J connectivity index is 2.48. The summed E-state index contributed by atoms with van der Waals surface area (Å²) in [6.07, 6.45) is 4.09. The van der Waals surface area contributed by atoms with E-state index in [9.17, 15) is 4.79 Å². The van der Waals surface area contributed by atoms with Crippen LogP contribution in [0.3, 0.4) is 0 Å². The molecule has 0 aromatic carbocycles. The molecule has 0 saturated heterocycles. The van der Waals surface area contributed by atoms with Crippen LogP contribution in [-0.4, -0.2) is 22.3 Å². The van der Waals surface area contributed by atoms with Crippen molar-refractivity contribution in [3.05, 3.63) is 12.2 Å². The smallest absolute Gasteiger partial charge is 0.333 e. The summed E-state index contributed by atoms with van der Waals surface area (Å²) in [6, 6.07) is 0. The summed E-state index contributed by atoms with van der Waals surface area (Å²) < 4.78 is 0. The summed E-state index contributed by atoms with van der Waals surface area (Å²) in [6.45, 7) is 0. The highest BCUT2D eigenvalue weighted by Crippen LogP contribution is 2.20. The van der Waals surface area contributed by atoms with Crippen LogP contribution in [0.2, 0.25) is 0 Å². The van der Waals surface area contributed by atoms with Crippen LogP contribution in [0.5, 0.6) is 0 Å². The largest absolute Gasteiger partial charge is 0.479 e. The number of hydrogen-bond donors (Lipinski definition) is 2. The van der Waals surface area contributed by atoms with Gasteiger partial charge in [0.2, 0.25) is 0 Å². The van der Waals surface area contributed by atoms with Crippen molar-refractivity contribution in [1.29, 1.82) is 0 Å². The molecule has 0 aliphatic heterocycles. The average Bonchev–Trinajstić information content (AvgIpc) is 2.36. The fraction of sp³-hybridized carbons (Fsp3) is 0.571. The van der Waals surface area contributed by atoms with Crippen LogP contribution in [0.15, 0.2) is 12.2 Å². The summed E-state index contributed by atoms with van der Waals surface area (Å²) in [5.41, 5.74) is 0. The first-order valence-corrected chi connectivity index (χ1v) is 3.29. The van der Waals surface area contributed by atoms with Crippen molar-refractivity contribution in [3.8, 4) is 0 Å². The van der Waals surface area contributed by atoms with Crippen LogP contribution in [0.4, 0.5) is 0 Å². The van der Waals surface area contributed by atoms with E-state index in [1.165, 1.54) is 0 Å². The van der Waals surface area contributed by atoms with E-state index < -0.39 is 12.1 Å². The van der Waals surface area contributed by atoms with Crippen molar-refractivity contribution in [2.75, 3.05) is 0 Å². The lowest BCUT2D eigenvalue weighted by Gasteiger charge is -2.10. The molecule has 0 spiro atoms. The van der Waals surface area contributed by atoms with Gasteiger partial charge in [-0.1, -0.05) is 12.2 Å². The fourth-order valence-electron chi connectivity index (χ4n) is 1.10. The van der Waals surface area contributed by atoms with Crippen LogP contribution in [0.25, 0.3) is 0 Å². The van der Waals surface area contributed by atoms with Gasteiger partial charge in [0, 0.05) is 5.92 Å². The number of rotatable bonds is 2. The second-order valence-corrected chi connectivity index (χ2v) is 2.45. The third-order valence-electron chi connectivity index (χ3n) is 1.71. The van der Waals surface area contributed by atoms with Gasteiger partial charge in [0.05, 0.1) is 0 Å². The Labute approximate surface area is 59.0 Å². The second-order valence-electron chi connectivity index (χ2n) is 2.45. The van der Waals surface area contributed by atoms with Crippen LogP contribution in [-0.2, 0) is 4.79 Å². The normalized spacial score (nSPS) is 26.7. The Kier molecular flexibility index (Phi) is 2.06. The molecule has 3 heteroatoms. The second kappa shape index (κ2) is 2.84. The first-order chi connectivity index (χ1) is 4.72. The Morgan fingerprint density at radius 2 is 2.40 bits per heavy atom. The molecule has 2 atom stereocenters. The zero-order chi connectivity index (χ0) is 7.56. The lowest BCUT2D eigenvalue weighted by atomic mass is 10.0. The van der Waals surface area contributed by atoms with Gasteiger partial charge in [-0.3, -0.25) is 0 Å². The van der Waals surface area contributed by atoms with Crippen LogP contribution >= 0.6 is 0 Å². The lowest BCUT2D eigenvalue weighted by molar-refractivity contribution is -0.148. The number of aliphatic hydroxyl groups excluding tert-OH is 1. The summed E-state index contributed by atoms with van der Waals surface area (Å²) in [4.78, 5) is 10.2. The SMILES string of the molecule is O=C(O)[C@@H](O)C1C=CCC1. The van der Waals surface area contributed by atoms with Gasteiger partial charge in [-0.05, 0) is 12.8 Å². The molecule has 0 bridgehead atoms. The Hall–Kier alpha value is -0.830. The van der Waals surface area contributed by atoms with E-state index in [0.29, 0.717) is 0 Å². The standard InChI is InChI=1S/C7H10O3/c8-6(7(9)10)5-3-1-2-4-5/h1,3,5-6,8H,2,4H2,(H,9,10)/t5?,6-/m0/s1. The van der Waals surface area contributed by atoms with E-state index in [4.69, 9.17) is 10.2 Å². The van der Waals surface area contributed by atoms with Crippen LogP contribution < -0.4 is 0 Å². The van der Waals surface area contributed by atoms with E-state index in [1.54, 1.807) is 6.08 Å². The van der Waals surface area contributed by atoms with Crippen molar-refractivity contribution in [3.63, 3.8) is 0 Å². The third-order valence-corrected chi connectivity index (χ3v) is 1.71. The van der Waals surface area contributed by atoms with E-state index >= 15 is 0 Å². The molecule has 2 N–H and O–H groups in total. The highest BCUT2D eigenvalue weighted by atomic mass is 16.4. The topological polar surface area (TPSA) is 57.5 Å². The summed E-state index contributed by atoms with van der Waals surface area (Å²) >= 11 is 0. The van der Waals surface area contributed by atoms with Gasteiger partial charge in [0.1, 0.15) is 0 Å². The van der Waals surface area contributed by atoms with Crippen molar-refractivity contribution >= 4 is 5.97 Å². The maximum atomic E-state index is 10.2. The quantitative estimate of drug-likeness (QED) is 0.548. The predicted molar refractivity (Wildman–Crippen MR) is 35.5 cm³/mol. The molecule has 0 amide bonds. The van der Waals surface area contributed by atoms with Gasteiger partial charge < -0.3 is 10.2 Å². The molecule has 0 saturated carbocycles. The number of allylic oxidation sites excluding steroid dienone is 1. The Bertz CT molecular complexity index is 162. The first kappa shape index (κ1) is 7.28. The number of aliphatic carboxylic acids is 1. The molecule has 10 heavy (non-hydrogen) atoms. The Morgan fingerprint density at radius 1 is 1.70 bits per heavy atom. The molecule has 1 aliphatic rings. The minimum absolute atomic E-state index is 0.169. The molecule has 1 rings (SSSR count). The molecule has 0 fully saturated rings. The third kappa shape index (κ3) is 1.36. The number of carboxylic acids is 1. The van der Waals surface area contributed by atoms with Crippen LogP contribution in [0.1, 0.15) is 12.8 Å². The van der Waals surface area contributed by atoms with E-state index in [-0.39, 0.29) is 5.92 Å². The van der Waals surface area contributed by atoms with Crippen molar-refractivity contribution in [1.82, 2.24) is 0 Å². The maximum absolute atomic E-state index is 10.2. The summed E-state index contributed by atoms with van der Waals surface area (Å²) in [5.74, 6) is -1.30. The molecular formula is C7H10O3. The predicted octanol–water partition coefficient (Wildman–Crippen LogP) is 0.398. The van der Waals surface area contributed by atoms with Gasteiger partial charge in [-0.15, -0.1) is 0 Å². The summed E-state index contributed by atoms with van der Waals surface area (Å²) in [5, 5.41) is 17.3. The maximum Gasteiger partial charge on any atom is 0.333 e. The number of carbonyl (C=O) groups is 1. The summed E-state index contributed by atoms with van der Waals surface area (Å²) in [7, 11) is 0. The van der Waals surface area contributed by atoms with E-state index in [1.807, 2.05) is 6.08 Å².